The fourth-order valence-electron chi connectivity index (χ4n) is 1.27. The molecule has 0 spiro atoms. The smallest absolute Gasteiger partial charge is 0.354 e. The first kappa shape index (κ1) is 13.4. The van der Waals surface area contributed by atoms with E-state index in [1.165, 1.54) is 6.07 Å². The summed E-state index contributed by atoms with van der Waals surface area (Å²) < 4.78 is 0. The van der Waals surface area contributed by atoms with Gasteiger partial charge in [0.15, 0.2) is 5.69 Å². The lowest BCUT2D eigenvalue weighted by atomic mass is 10.3. The number of carbonyl (C=O) groups is 1. The Balaban J connectivity index is 2.62. The van der Waals surface area contributed by atoms with E-state index in [2.05, 4.69) is 27.1 Å². The van der Waals surface area contributed by atoms with Crippen LogP contribution in [0.3, 0.4) is 0 Å². The van der Waals surface area contributed by atoms with Crippen molar-refractivity contribution in [2.24, 2.45) is 0 Å². The van der Waals surface area contributed by atoms with Crippen LogP contribution in [0.1, 0.15) is 23.1 Å². The molecule has 1 aromatic rings. The van der Waals surface area contributed by atoms with Crippen molar-refractivity contribution < 1.29 is 9.90 Å². The number of nitrogens with zero attached hydrogens (tertiary/aromatic N) is 3. The Kier molecular flexibility index (Phi) is 4.84. The Hall–Kier alpha value is -1.69. The summed E-state index contributed by atoms with van der Waals surface area (Å²) in [5, 5.41) is 11.9. The van der Waals surface area contributed by atoms with Crippen molar-refractivity contribution in [1.29, 1.82) is 0 Å². The van der Waals surface area contributed by atoms with Gasteiger partial charge < -0.3 is 15.3 Å². The van der Waals surface area contributed by atoms with E-state index in [1.54, 1.807) is 6.92 Å². The van der Waals surface area contributed by atoms with Gasteiger partial charge in [-0.2, -0.15) is 0 Å². The van der Waals surface area contributed by atoms with Crippen LogP contribution in [-0.4, -0.2) is 52.6 Å². The normalized spacial score (nSPS) is 10.6. The largest absolute Gasteiger partial charge is 0.477 e. The highest BCUT2D eigenvalue weighted by atomic mass is 16.4. The maximum atomic E-state index is 10.8. The summed E-state index contributed by atoms with van der Waals surface area (Å²) in [4.78, 5) is 21.0. The minimum absolute atomic E-state index is 0.0175. The summed E-state index contributed by atoms with van der Waals surface area (Å²) in [6.07, 6.45) is 0. The van der Waals surface area contributed by atoms with Crippen LogP contribution in [0.4, 0.5) is 5.95 Å². The number of aromatic nitrogens is 2. The van der Waals surface area contributed by atoms with Gasteiger partial charge in [-0.05, 0) is 26.6 Å². The maximum absolute atomic E-state index is 10.8. The van der Waals surface area contributed by atoms with Gasteiger partial charge in [0, 0.05) is 18.8 Å². The van der Waals surface area contributed by atoms with Crippen LogP contribution < -0.4 is 5.32 Å². The molecule has 17 heavy (non-hydrogen) atoms. The monoisotopic (exact) mass is 238 g/mol. The predicted octanol–water partition coefficient (Wildman–Crippen LogP) is 0.847. The average molecular weight is 238 g/mol. The number of anilines is 1. The van der Waals surface area contributed by atoms with Gasteiger partial charge in [-0.1, -0.05) is 6.92 Å². The fraction of sp³-hybridized carbons (Fsp3) is 0.545. The first-order chi connectivity index (χ1) is 8.02. The number of hydrogen-bond donors (Lipinski definition) is 2. The van der Waals surface area contributed by atoms with E-state index in [9.17, 15) is 4.79 Å². The lowest BCUT2D eigenvalue weighted by molar-refractivity contribution is 0.0690. The molecule has 0 radical (unpaired) electrons. The van der Waals surface area contributed by atoms with Gasteiger partial charge in [-0.3, -0.25) is 0 Å². The number of aromatic carboxylic acids is 1. The average Bonchev–Trinajstić information content (AvgIpc) is 2.28. The van der Waals surface area contributed by atoms with Crippen LogP contribution in [0.15, 0.2) is 6.07 Å². The van der Waals surface area contributed by atoms with Crippen molar-refractivity contribution in [2.75, 3.05) is 32.0 Å². The van der Waals surface area contributed by atoms with E-state index in [0.717, 1.165) is 13.1 Å². The van der Waals surface area contributed by atoms with Gasteiger partial charge in [-0.25, -0.2) is 14.8 Å². The van der Waals surface area contributed by atoms with Crippen LogP contribution in [0.5, 0.6) is 0 Å². The number of carboxylic acids is 1. The number of carboxylic acid groups (broad SMARTS) is 1. The molecule has 0 unspecified atom stereocenters. The number of aryl methyl sites for hydroxylation is 1. The van der Waals surface area contributed by atoms with Gasteiger partial charge in [0.2, 0.25) is 5.95 Å². The molecule has 0 fully saturated rings. The van der Waals surface area contributed by atoms with Crippen molar-refractivity contribution in [1.82, 2.24) is 14.9 Å². The molecular weight excluding hydrogens is 220 g/mol. The van der Waals surface area contributed by atoms with E-state index in [1.807, 2.05) is 7.05 Å². The van der Waals surface area contributed by atoms with Crippen LogP contribution in [0, 0.1) is 6.92 Å². The predicted molar refractivity (Wildman–Crippen MR) is 65.4 cm³/mol. The van der Waals surface area contributed by atoms with Crippen LogP contribution in [0.25, 0.3) is 0 Å². The topological polar surface area (TPSA) is 78.4 Å². The van der Waals surface area contributed by atoms with Crippen LogP contribution in [-0.2, 0) is 0 Å². The van der Waals surface area contributed by atoms with Gasteiger partial charge >= 0.3 is 5.97 Å². The molecular formula is C11H18N4O2. The highest BCUT2D eigenvalue weighted by molar-refractivity contribution is 5.85. The fourth-order valence-corrected chi connectivity index (χ4v) is 1.27. The second-order valence-corrected chi connectivity index (χ2v) is 3.85. The Bertz CT molecular complexity index is 395. The molecule has 1 aromatic heterocycles. The maximum Gasteiger partial charge on any atom is 0.354 e. The molecule has 0 saturated heterocycles. The molecule has 0 aliphatic heterocycles. The number of rotatable bonds is 6. The van der Waals surface area contributed by atoms with E-state index < -0.39 is 5.97 Å². The van der Waals surface area contributed by atoms with Crippen molar-refractivity contribution in [3.8, 4) is 0 Å². The summed E-state index contributed by atoms with van der Waals surface area (Å²) in [5.74, 6) is -0.670. The van der Waals surface area contributed by atoms with E-state index in [-0.39, 0.29) is 5.69 Å². The zero-order valence-corrected chi connectivity index (χ0v) is 10.4. The SMILES string of the molecule is CCN(C)CCNc1nc(C)cc(C(=O)O)n1. The summed E-state index contributed by atoms with van der Waals surface area (Å²) in [7, 11) is 2.02. The second kappa shape index (κ2) is 6.15. The molecule has 0 saturated carbocycles. The third-order valence-electron chi connectivity index (χ3n) is 2.39. The molecule has 0 aromatic carbocycles. The second-order valence-electron chi connectivity index (χ2n) is 3.85. The van der Waals surface area contributed by atoms with Crippen LogP contribution in [0.2, 0.25) is 0 Å². The molecule has 1 rings (SSSR count). The molecule has 6 heteroatoms. The molecule has 6 nitrogen and oxygen atoms in total. The van der Waals surface area contributed by atoms with E-state index in [0.29, 0.717) is 18.2 Å². The van der Waals surface area contributed by atoms with Gasteiger partial charge in [0.05, 0.1) is 0 Å². The van der Waals surface area contributed by atoms with E-state index >= 15 is 0 Å². The van der Waals surface area contributed by atoms with Gasteiger partial charge in [-0.15, -0.1) is 0 Å². The summed E-state index contributed by atoms with van der Waals surface area (Å²) in [5.41, 5.74) is 0.660. The van der Waals surface area contributed by atoms with Crippen molar-refractivity contribution in [2.45, 2.75) is 13.8 Å². The minimum Gasteiger partial charge on any atom is -0.477 e. The summed E-state index contributed by atoms with van der Waals surface area (Å²) in [6, 6.07) is 1.45. The summed E-state index contributed by atoms with van der Waals surface area (Å²) in [6.45, 7) is 6.34. The number of likely N-dealkylation sites (N-methyl/N-ethyl adjacent to an activating group) is 1. The highest BCUT2D eigenvalue weighted by Crippen LogP contribution is 2.04. The lowest BCUT2D eigenvalue weighted by Crippen LogP contribution is -2.25. The first-order valence-corrected chi connectivity index (χ1v) is 5.54. The summed E-state index contributed by atoms with van der Waals surface area (Å²) >= 11 is 0. The molecule has 0 aliphatic carbocycles. The van der Waals surface area contributed by atoms with E-state index in [4.69, 9.17) is 5.11 Å². The van der Waals surface area contributed by atoms with Crippen molar-refractivity contribution >= 4 is 11.9 Å². The number of nitrogens with one attached hydrogen (secondary N) is 1. The lowest BCUT2D eigenvalue weighted by Gasteiger charge is -2.14. The molecule has 1 heterocycles. The minimum atomic E-state index is -1.04. The molecule has 0 atom stereocenters. The Morgan fingerprint density at radius 1 is 1.53 bits per heavy atom. The third kappa shape index (κ3) is 4.36. The zero-order chi connectivity index (χ0) is 12.8. The number of hydrogen-bond acceptors (Lipinski definition) is 5. The third-order valence-corrected chi connectivity index (χ3v) is 2.39. The Morgan fingerprint density at radius 2 is 2.24 bits per heavy atom. The molecule has 0 bridgehead atoms. The van der Waals surface area contributed by atoms with Crippen LogP contribution >= 0.6 is 0 Å². The van der Waals surface area contributed by atoms with Crippen molar-refractivity contribution in [3.05, 3.63) is 17.5 Å². The molecule has 94 valence electrons. The quantitative estimate of drug-likeness (QED) is 0.765. The zero-order valence-electron chi connectivity index (χ0n) is 10.4. The highest BCUT2D eigenvalue weighted by Gasteiger charge is 2.08. The standard InChI is InChI=1S/C11H18N4O2/c1-4-15(3)6-5-12-11-13-8(2)7-9(14-11)10(16)17/h7H,4-6H2,1-3H3,(H,16,17)(H,12,13,14). The Labute approximate surface area is 101 Å². The molecule has 0 aliphatic rings. The first-order valence-electron chi connectivity index (χ1n) is 5.54. The van der Waals surface area contributed by atoms with Crippen molar-refractivity contribution in [3.63, 3.8) is 0 Å². The van der Waals surface area contributed by atoms with Gasteiger partial charge in [0.1, 0.15) is 0 Å². The Morgan fingerprint density at radius 3 is 2.82 bits per heavy atom. The molecule has 2 N–H and O–H groups in total. The van der Waals surface area contributed by atoms with Gasteiger partial charge in [0.25, 0.3) is 0 Å². The molecule has 0 amide bonds.